The van der Waals surface area contributed by atoms with Crippen molar-refractivity contribution in [1.29, 1.82) is 0 Å². The summed E-state index contributed by atoms with van der Waals surface area (Å²) < 4.78 is 44.3. The zero-order chi connectivity index (χ0) is 24.0. The lowest BCUT2D eigenvalue weighted by Gasteiger charge is -2.26. The van der Waals surface area contributed by atoms with Crippen LogP contribution in [0.2, 0.25) is 0 Å². The Bertz CT molecular complexity index is 1240. The van der Waals surface area contributed by atoms with E-state index in [4.69, 9.17) is 14.2 Å². The average Bonchev–Trinajstić information content (AvgIpc) is 2.86. The van der Waals surface area contributed by atoms with Gasteiger partial charge in [-0.2, -0.15) is 4.31 Å². The van der Waals surface area contributed by atoms with Gasteiger partial charge in [0, 0.05) is 18.7 Å². The lowest BCUT2D eigenvalue weighted by Crippen LogP contribution is -2.40. The highest BCUT2D eigenvalue weighted by atomic mass is 32.2. The minimum atomic E-state index is -3.75. The first kappa shape index (κ1) is 23.7. The topological polar surface area (TPSA) is 94.2 Å². The number of rotatable bonds is 8. The molecule has 34 heavy (non-hydrogen) atoms. The summed E-state index contributed by atoms with van der Waals surface area (Å²) in [6.07, 6.45) is 0.0508. The number of carbonyl (C=O) groups is 1. The van der Waals surface area contributed by atoms with Crippen LogP contribution in [-0.4, -0.2) is 52.0 Å². The summed E-state index contributed by atoms with van der Waals surface area (Å²) in [5.74, 6) is 1.16. The number of hydrogen-bond donors (Lipinski definition) is 1. The molecule has 0 atom stereocenters. The Hall–Kier alpha value is -3.40. The van der Waals surface area contributed by atoms with Gasteiger partial charge in [0.05, 0.1) is 37.3 Å². The Kier molecular flexibility index (Phi) is 7.46. The van der Waals surface area contributed by atoms with Crippen molar-refractivity contribution < 1.29 is 27.4 Å². The van der Waals surface area contributed by atoms with Gasteiger partial charge in [-0.25, -0.2) is 8.42 Å². The number of benzene rings is 3. The molecule has 0 saturated carbocycles. The Balaban J connectivity index is 1.64. The fourth-order valence-corrected chi connectivity index (χ4v) is 5.06. The smallest absolute Gasteiger partial charge is 0.243 e. The third kappa shape index (κ3) is 5.56. The zero-order valence-electron chi connectivity index (χ0n) is 18.8. The van der Waals surface area contributed by atoms with E-state index in [1.165, 1.54) is 16.4 Å². The van der Waals surface area contributed by atoms with E-state index < -0.39 is 10.0 Å². The SMILES string of the molecule is COc1ccccc1CC(=O)Nc1cc(S(=O)(=O)N2CCOCC2)ccc1Oc1ccccc1. The molecule has 1 aliphatic rings. The second-order valence-electron chi connectivity index (χ2n) is 7.63. The molecule has 1 saturated heterocycles. The Morgan fingerprint density at radius 2 is 1.68 bits per heavy atom. The van der Waals surface area contributed by atoms with Crippen molar-refractivity contribution in [3.05, 3.63) is 78.4 Å². The van der Waals surface area contributed by atoms with E-state index >= 15 is 0 Å². The molecule has 0 bridgehead atoms. The first-order valence-electron chi connectivity index (χ1n) is 10.8. The number of amides is 1. The van der Waals surface area contributed by atoms with Gasteiger partial charge >= 0.3 is 0 Å². The highest BCUT2D eigenvalue weighted by Crippen LogP contribution is 2.33. The fraction of sp³-hybridized carbons (Fsp3) is 0.240. The van der Waals surface area contributed by atoms with Gasteiger partial charge in [-0.15, -0.1) is 0 Å². The number of nitrogens with one attached hydrogen (secondary N) is 1. The van der Waals surface area contributed by atoms with Crippen LogP contribution >= 0.6 is 0 Å². The molecule has 3 aromatic rings. The normalized spacial score (nSPS) is 14.4. The Morgan fingerprint density at radius 3 is 2.41 bits per heavy atom. The maximum Gasteiger partial charge on any atom is 0.243 e. The fourth-order valence-electron chi connectivity index (χ4n) is 3.62. The van der Waals surface area contributed by atoms with Gasteiger partial charge in [-0.05, 0) is 36.4 Å². The number of para-hydroxylation sites is 2. The predicted octanol–water partition coefficient (Wildman–Crippen LogP) is 3.69. The van der Waals surface area contributed by atoms with E-state index in [1.54, 1.807) is 37.4 Å². The minimum absolute atomic E-state index is 0.0508. The second kappa shape index (κ2) is 10.7. The lowest BCUT2D eigenvalue weighted by molar-refractivity contribution is -0.115. The van der Waals surface area contributed by atoms with E-state index in [2.05, 4.69) is 5.32 Å². The zero-order valence-corrected chi connectivity index (χ0v) is 19.6. The number of hydrogen-bond acceptors (Lipinski definition) is 6. The van der Waals surface area contributed by atoms with Gasteiger partial charge in [-0.1, -0.05) is 36.4 Å². The molecule has 0 radical (unpaired) electrons. The quantitative estimate of drug-likeness (QED) is 0.526. The van der Waals surface area contributed by atoms with Crippen molar-refractivity contribution in [3.63, 3.8) is 0 Å². The molecule has 178 valence electrons. The van der Waals surface area contributed by atoms with Crippen molar-refractivity contribution in [2.75, 3.05) is 38.7 Å². The van der Waals surface area contributed by atoms with Gasteiger partial charge in [0.15, 0.2) is 5.75 Å². The van der Waals surface area contributed by atoms with E-state index in [0.717, 1.165) is 0 Å². The second-order valence-corrected chi connectivity index (χ2v) is 9.56. The van der Waals surface area contributed by atoms with E-state index in [9.17, 15) is 13.2 Å². The van der Waals surface area contributed by atoms with Crippen LogP contribution in [-0.2, 0) is 26.0 Å². The van der Waals surface area contributed by atoms with E-state index in [1.807, 2.05) is 30.3 Å². The van der Waals surface area contributed by atoms with Crippen LogP contribution in [0.4, 0.5) is 5.69 Å². The molecule has 8 nitrogen and oxygen atoms in total. The van der Waals surface area contributed by atoms with Crippen molar-refractivity contribution in [3.8, 4) is 17.2 Å². The van der Waals surface area contributed by atoms with E-state index in [0.29, 0.717) is 36.0 Å². The van der Waals surface area contributed by atoms with Crippen LogP contribution in [0.5, 0.6) is 17.2 Å². The number of carbonyl (C=O) groups excluding carboxylic acids is 1. The predicted molar refractivity (Wildman–Crippen MR) is 128 cm³/mol. The summed E-state index contributed by atoms with van der Waals surface area (Å²) in [5.41, 5.74) is 0.975. The molecule has 3 aromatic carbocycles. The molecule has 1 N–H and O–H groups in total. The maximum atomic E-state index is 13.2. The molecule has 0 aromatic heterocycles. The molecule has 4 rings (SSSR count). The maximum absolute atomic E-state index is 13.2. The van der Waals surface area contributed by atoms with Gasteiger partial charge in [0.1, 0.15) is 11.5 Å². The number of morpholine rings is 1. The molecule has 1 amide bonds. The van der Waals surface area contributed by atoms with Crippen molar-refractivity contribution in [1.82, 2.24) is 4.31 Å². The molecule has 9 heteroatoms. The Morgan fingerprint density at radius 1 is 0.971 bits per heavy atom. The third-order valence-corrected chi connectivity index (χ3v) is 7.24. The van der Waals surface area contributed by atoms with Gasteiger partial charge in [0.25, 0.3) is 0 Å². The summed E-state index contributed by atoms with van der Waals surface area (Å²) in [6, 6.07) is 20.8. The molecule has 1 aliphatic heterocycles. The molecular formula is C25H26N2O6S. The standard InChI is InChI=1S/C25H26N2O6S/c1-31-23-10-6-5-7-19(23)17-25(28)26-22-18-21(34(29,30)27-13-15-32-16-14-27)11-12-24(22)33-20-8-3-2-4-9-20/h2-12,18H,13-17H2,1H3,(H,26,28). The van der Waals surface area contributed by atoms with Crippen LogP contribution in [0, 0.1) is 0 Å². The first-order valence-corrected chi connectivity index (χ1v) is 12.3. The van der Waals surface area contributed by atoms with Crippen LogP contribution in [0.1, 0.15) is 5.56 Å². The largest absolute Gasteiger partial charge is 0.496 e. The summed E-state index contributed by atoms with van der Waals surface area (Å²) >= 11 is 0. The van der Waals surface area contributed by atoms with Crippen LogP contribution in [0.3, 0.4) is 0 Å². The number of anilines is 1. The minimum Gasteiger partial charge on any atom is -0.496 e. The van der Waals surface area contributed by atoms with Crippen LogP contribution < -0.4 is 14.8 Å². The molecular weight excluding hydrogens is 456 g/mol. The summed E-state index contributed by atoms with van der Waals surface area (Å²) in [4.78, 5) is 13.0. The van der Waals surface area contributed by atoms with Crippen molar-refractivity contribution >= 4 is 21.6 Å². The highest BCUT2D eigenvalue weighted by molar-refractivity contribution is 7.89. The number of methoxy groups -OCH3 is 1. The lowest BCUT2D eigenvalue weighted by atomic mass is 10.1. The van der Waals surface area contributed by atoms with Crippen LogP contribution in [0.25, 0.3) is 0 Å². The third-order valence-electron chi connectivity index (χ3n) is 5.35. The molecule has 0 aliphatic carbocycles. The number of sulfonamides is 1. The molecule has 1 heterocycles. The molecule has 0 unspecified atom stereocenters. The summed E-state index contributed by atoms with van der Waals surface area (Å²) in [5, 5.41) is 2.82. The van der Waals surface area contributed by atoms with Gasteiger partial charge < -0.3 is 19.5 Å². The molecule has 1 fully saturated rings. The summed E-state index contributed by atoms with van der Waals surface area (Å²) in [7, 11) is -2.21. The van der Waals surface area contributed by atoms with Crippen molar-refractivity contribution in [2.24, 2.45) is 0 Å². The van der Waals surface area contributed by atoms with Gasteiger partial charge in [-0.3, -0.25) is 4.79 Å². The summed E-state index contributed by atoms with van der Waals surface area (Å²) in [6.45, 7) is 1.24. The van der Waals surface area contributed by atoms with Crippen LogP contribution in [0.15, 0.2) is 77.7 Å². The number of ether oxygens (including phenoxy) is 3. The average molecular weight is 483 g/mol. The first-order chi connectivity index (χ1) is 16.5. The monoisotopic (exact) mass is 482 g/mol. The van der Waals surface area contributed by atoms with Gasteiger partial charge in [0.2, 0.25) is 15.9 Å². The highest BCUT2D eigenvalue weighted by Gasteiger charge is 2.27. The number of nitrogens with zero attached hydrogens (tertiary/aromatic N) is 1. The van der Waals surface area contributed by atoms with E-state index in [-0.39, 0.29) is 36.0 Å². The Labute approximate surface area is 199 Å². The molecule has 0 spiro atoms. The van der Waals surface area contributed by atoms with Crippen molar-refractivity contribution in [2.45, 2.75) is 11.3 Å².